The summed E-state index contributed by atoms with van der Waals surface area (Å²) < 4.78 is 16.2. The number of aromatic nitrogens is 4. The molecule has 3 heterocycles. The summed E-state index contributed by atoms with van der Waals surface area (Å²) in [6.07, 6.45) is 0. The van der Waals surface area contributed by atoms with Crippen molar-refractivity contribution >= 4 is 74.1 Å². The van der Waals surface area contributed by atoms with E-state index >= 15 is 0 Å². The second kappa shape index (κ2) is 16.4. The molecule has 4 aromatic carbocycles. The lowest BCUT2D eigenvalue weighted by Crippen LogP contribution is -2.50. The number of methoxy groups -OCH3 is 2. The first kappa shape index (κ1) is 35.2. The number of ether oxygens (including phenoxy) is 3. The quantitative estimate of drug-likeness (QED) is 0.170. The fraction of sp³-hybridized carbons (Fsp3) is 0.211. The van der Waals surface area contributed by atoms with E-state index in [4.69, 9.17) is 38.6 Å². The van der Waals surface area contributed by atoms with Gasteiger partial charge in [-0.2, -0.15) is 0 Å². The van der Waals surface area contributed by atoms with Crippen LogP contribution in [-0.4, -0.2) is 75.5 Å². The molecule has 0 bridgehead atoms. The minimum Gasteiger partial charge on any atom is -0.478 e. The number of thiocarbonyl (C=S) groups is 2. The van der Waals surface area contributed by atoms with Gasteiger partial charge in [0.15, 0.2) is 16.7 Å². The van der Waals surface area contributed by atoms with Crippen molar-refractivity contribution in [1.82, 2.24) is 24.8 Å². The van der Waals surface area contributed by atoms with Gasteiger partial charge in [-0.1, -0.05) is 48.5 Å². The number of para-hydroxylation sites is 5. The van der Waals surface area contributed by atoms with Crippen LogP contribution in [0.2, 0.25) is 0 Å². The zero-order valence-electron chi connectivity index (χ0n) is 28.8. The zero-order valence-corrected chi connectivity index (χ0v) is 30.4. The molecule has 0 radical (unpaired) electrons. The molecule has 0 spiro atoms. The molecule has 1 saturated heterocycles. The molecular weight excluding hydrogens is 681 g/mol. The van der Waals surface area contributed by atoms with Gasteiger partial charge in [0.1, 0.15) is 5.75 Å². The van der Waals surface area contributed by atoms with Gasteiger partial charge in [0, 0.05) is 31.9 Å². The summed E-state index contributed by atoms with van der Waals surface area (Å²) in [4.78, 5) is 22.6. The lowest BCUT2D eigenvalue weighted by atomic mass is 10.1. The molecule has 11 nitrogen and oxygen atoms in total. The van der Waals surface area contributed by atoms with E-state index in [1.165, 1.54) is 23.9 Å². The van der Waals surface area contributed by atoms with E-state index in [0.717, 1.165) is 48.2 Å². The van der Waals surface area contributed by atoms with E-state index in [2.05, 4.69) is 72.4 Å². The number of rotatable bonds is 6. The van der Waals surface area contributed by atoms with Gasteiger partial charge < -0.3 is 29.3 Å². The molecule has 13 heteroatoms. The van der Waals surface area contributed by atoms with Gasteiger partial charge in [-0.25, -0.2) is 19.9 Å². The summed E-state index contributed by atoms with van der Waals surface area (Å²) in [5.41, 5.74) is 6.96. The summed E-state index contributed by atoms with van der Waals surface area (Å²) >= 11 is 10.8. The third-order valence-corrected chi connectivity index (χ3v) is 8.55. The van der Waals surface area contributed by atoms with Crippen LogP contribution in [0.5, 0.6) is 17.5 Å². The standard InChI is InChI=1S/C22H25N5OS.C16H13N3O2S/c1-15-12-16(2)14-17(13-15)26-8-10-27(11-9-26)22(29)25-20-21(28-3)24-19-7-5-4-6-18(19)23-20;1-20-15-14(17-12-9-5-6-10-13(12)18-15)19-16(22)21-11-7-3-2-4-8-11/h4-7,12-14H,8-11H2,1-3H3,(H,23,25,29);2-10H,1H3,(H,17,19,22). The topological polar surface area (TPSA) is 110 Å². The first-order valence-corrected chi connectivity index (χ1v) is 17.2. The molecule has 0 amide bonds. The van der Waals surface area contributed by atoms with Crippen LogP contribution in [0.3, 0.4) is 0 Å². The van der Waals surface area contributed by atoms with Gasteiger partial charge in [-0.15, -0.1) is 0 Å². The third kappa shape index (κ3) is 8.93. The summed E-state index contributed by atoms with van der Waals surface area (Å²) in [6.45, 7) is 7.83. The zero-order chi connectivity index (χ0) is 35.7. The van der Waals surface area contributed by atoms with Crippen molar-refractivity contribution in [3.63, 3.8) is 0 Å². The number of nitrogens with one attached hydrogen (secondary N) is 2. The summed E-state index contributed by atoms with van der Waals surface area (Å²) in [7, 11) is 3.13. The third-order valence-electron chi connectivity index (χ3n) is 8.00. The monoisotopic (exact) mass is 718 g/mol. The number of benzene rings is 4. The van der Waals surface area contributed by atoms with E-state index in [1.54, 1.807) is 7.11 Å². The Kier molecular flexibility index (Phi) is 11.3. The number of hydrogen-bond donors (Lipinski definition) is 2. The maximum atomic E-state index is 5.66. The number of anilines is 3. The molecular formula is C38H38N8O3S2. The highest BCUT2D eigenvalue weighted by Gasteiger charge is 2.21. The van der Waals surface area contributed by atoms with Crippen LogP contribution in [-0.2, 0) is 0 Å². The molecule has 0 aliphatic carbocycles. The Labute approximate surface area is 307 Å². The van der Waals surface area contributed by atoms with E-state index in [9.17, 15) is 0 Å². The Bertz CT molecular complexity index is 2140. The van der Waals surface area contributed by atoms with Crippen LogP contribution in [0.1, 0.15) is 11.1 Å². The van der Waals surface area contributed by atoms with Crippen LogP contribution in [0.25, 0.3) is 22.1 Å². The van der Waals surface area contributed by atoms with Crippen LogP contribution in [0.15, 0.2) is 97.1 Å². The Morgan fingerprint density at radius 3 is 1.59 bits per heavy atom. The predicted molar refractivity (Wildman–Crippen MR) is 211 cm³/mol. The molecule has 1 fully saturated rings. The molecule has 2 N–H and O–H groups in total. The smallest absolute Gasteiger partial charge is 0.268 e. The maximum absolute atomic E-state index is 5.66. The highest BCUT2D eigenvalue weighted by atomic mass is 32.1. The molecule has 1 aliphatic rings. The molecule has 1 aliphatic heterocycles. The van der Waals surface area contributed by atoms with Crippen molar-refractivity contribution < 1.29 is 14.2 Å². The Balaban J connectivity index is 0.000000183. The van der Waals surface area contributed by atoms with Crippen molar-refractivity contribution in [2.75, 3.05) is 55.9 Å². The van der Waals surface area contributed by atoms with Crippen molar-refractivity contribution in [3.8, 4) is 17.5 Å². The van der Waals surface area contributed by atoms with E-state index in [1.807, 2.05) is 78.9 Å². The van der Waals surface area contributed by atoms with Crippen LogP contribution < -0.4 is 29.7 Å². The van der Waals surface area contributed by atoms with Gasteiger partial charge in [0.25, 0.3) is 16.9 Å². The number of hydrogen-bond acceptors (Lipinski definition) is 10. The fourth-order valence-electron chi connectivity index (χ4n) is 5.61. The Morgan fingerprint density at radius 1 is 0.608 bits per heavy atom. The Hall–Kier alpha value is -5.66. The molecule has 7 rings (SSSR count). The van der Waals surface area contributed by atoms with Gasteiger partial charge in [-0.3, -0.25) is 5.32 Å². The molecule has 51 heavy (non-hydrogen) atoms. The van der Waals surface area contributed by atoms with E-state index in [0.29, 0.717) is 34.3 Å². The van der Waals surface area contributed by atoms with Gasteiger partial charge in [0.2, 0.25) is 0 Å². The largest absolute Gasteiger partial charge is 0.478 e. The molecule has 0 unspecified atom stereocenters. The molecule has 0 atom stereocenters. The van der Waals surface area contributed by atoms with E-state index in [-0.39, 0.29) is 5.17 Å². The normalized spacial score (nSPS) is 12.5. The number of fused-ring (bicyclic) bond motifs is 2. The van der Waals surface area contributed by atoms with E-state index < -0.39 is 0 Å². The fourth-order valence-corrected chi connectivity index (χ4v) is 6.09. The number of nitrogens with zero attached hydrogens (tertiary/aromatic N) is 6. The first-order chi connectivity index (χ1) is 24.8. The van der Waals surface area contributed by atoms with Crippen molar-refractivity contribution in [2.24, 2.45) is 0 Å². The van der Waals surface area contributed by atoms with Crippen molar-refractivity contribution in [2.45, 2.75) is 13.8 Å². The first-order valence-electron chi connectivity index (χ1n) is 16.3. The lowest BCUT2D eigenvalue weighted by molar-refractivity contribution is 0.388. The van der Waals surface area contributed by atoms with Crippen molar-refractivity contribution in [3.05, 3.63) is 108 Å². The lowest BCUT2D eigenvalue weighted by Gasteiger charge is -2.37. The van der Waals surface area contributed by atoms with Crippen LogP contribution in [0.4, 0.5) is 17.3 Å². The second-order valence-electron chi connectivity index (χ2n) is 11.7. The number of piperazine rings is 1. The summed E-state index contributed by atoms with van der Waals surface area (Å²) in [5.74, 6) is 2.42. The molecule has 2 aromatic heterocycles. The average Bonchev–Trinajstić information content (AvgIpc) is 3.14. The highest BCUT2D eigenvalue weighted by molar-refractivity contribution is 7.80. The highest BCUT2D eigenvalue weighted by Crippen LogP contribution is 2.26. The summed E-state index contributed by atoms with van der Waals surface area (Å²) in [6, 6.07) is 31.2. The van der Waals surface area contributed by atoms with Gasteiger partial charge in [0.05, 0.1) is 36.3 Å². The predicted octanol–water partition coefficient (Wildman–Crippen LogP) is 7.19. The number of aryl methyl sites for hydroxylation is 2. The molecule has 0 saturated carbocycles. The second-order valence-corrected chi connectivity index (χ2v) is 12.5. The van der Waals surface area contributed by atoms with Gasteiger partial charge >= 0.3 is 0 Å². The SMILES string of the molecule is COc1nc2ccccc2nc1NC(=S)N1CCN(c2cc(C)cc(C)c2)CC1.COc1nc2ccccc2nc1NC(=S)Oc1ccccc1. The van der Waals surface area contributed by atoms with Crippen LogP contribution >= 0.6 is 24.4 Å². The average molecular weight is 719 g/mol. The minimum atomic E-state index is 0.175. The minimum absolute atomic E-state index is 0.175. The van der Waals surface area contributed by atoms with Gasteiger partial charge in [-0.05, 0) is 97.9 Å². The van der Waals surface area contributed by atoms with Crippen LogP contribution in [0, 0.1) is 13.8 Å². The maximum Gasteiger partial charge on any atom is 0.268 e. The van der Waals surface area contributed by atoms with Crippen molar-refractivity contribution in [1.29, 1.82) is 0 Å². The molecule has 260 valence electrons. The molecule has 6 aromatic rings. The summed E-state index contributed by atoms with van der Waals surface area (Å²) in [5, 5.41) is 6.97. The Morgan fingerprint density at radius 2 is 1.08 bits per heavy atom.